The molecule has 0 bridgehead atoms. The molecule has 9 heteroatoms. The van der Waals surface area contributed by atoms with Crippen molar-refractivity contribution in [3.05, 3.63) is 74.8 Å². The van der Waals surface area contributed by atoms with E-state index in [1.165, 1.54) is 11.3 Å². The highest BCUT2D eigenvalue weighted by Crippen LogP contribution is 2.29. The molecule has 4 aromatic rings. The van der Waals surface area contributed by atoms with Crippen LogP contribution in [0.4, 0.5) is 0 Å². The Kier molecular flexibility index (Phi) is 6.02. The van der Waals surface area contributed by atoms with E-state index in [0.717, 1.165) is 30.0 Å². The number of amides is 1. The number of thiophene rings is 1. The second-order valence-corrected chi connectivity index (χ2v) is 9.02. The Morgan fingerprint density at radius 1 is 1.21 bits per heavy atom. The monoisotopic (exact) mass is 476 g/mol. The first-order valence-corrected chi connectivity index (χ1v) is 12.0. The molecule has 0 saturated heterocycles. The second kappa shape index (κ2) is 9.26. The van der Waals surface area contributed by atoms with Crippen molar-refractivity contribution in [2.24, 2.45) is 0 Å². The van der Waals surface area contributed by atoms with Crippen molar-refractivity contribution in [3.8, 4) is 17.4 Å². The van der Waals surface area contributed by atoms with Crippen LogP contribution in [0.1, 0.15) is 40.0 Å². The summed E-state index contributed by atoms with van der Waals surface area (Å²) in [4.78, 5) is 35.8. The van der Waals surface area contributed by atoms with E-state index in [0.29, 0.717) is 52.0 Å². The molecule has 0 fully saturated rings. The summed E-state index contributed by atoms with van der Waals surface area (Å²) in [6.45, 7) is 5.35. The third kappa shape index (κ3) is 4.26. The zero-order valence-corrected chi connectivity index (χ0v) is 19.8. The quantitative estimate of drug-likeness (QED) is 0.429. The van der Waals surface area contributed by atoms with E-state index in [9.17, 15) is 9.59 Å². The lowest BCUT2D eigenvalue weighted by Crippen LogP contribution is -2.23. The molecule has 0 unspecified atom stereocenters. The van der Waals surface area contributed by atoms with Crippen molar-refractivity contribution in [2.45, 2.75) is 39.8 Å². The number of pyridine rings is 1. The lowest BCUT2D eigenvalue weighted by molar-refractivity contribution is 0.0954. The molecule has 1 aromatic carbocycles. The van der Waals surface area contributed by atoms with E-state index in [1.54, 1.807) is 16.8 Å². The highest BCUT2D eigenvalue weighted by atomic mass is 32.1. The van der Waals surface area contributed by atoms with Gasteiger partial charge in [-0.05, 0) is 61.7 Å². The molecule has 5 rings (SSSR count). The Bertz CT molecular complexity index is 1430. The van der Waals surface area contributed by atoms with E-state index in [4.69, 9.17) is 9.47 Å². The number of benzene rings is 1. The number of hydrogen-bond donors (Lipinski definition) is 1. The van der Waals surface area contributed by atoms with Gasteiger partial charge in [0.1, 0.15) is 22.2 Å². The van der Waals surface area contributed by atoms with Crippen LogP contribution in [-0.2, 0) is 19.5 Å². The number of ether oxygens (including phenoxy) is 2. The highest BCUT2D eigenvalue weighted by Gasteiger charge is 2.23. The number of aryl methyl sites for hydroxylation is 2. The molecule has 0 atom stereocenters. The molecule has 3 aromatic heterocycles. The first-order chi connectivity index (χ1) is 16.5. The molecule has 0 radical (unpaired) electrons. The van der Waals surface area contributed by atoms with Gasteiger partial charge in [-0.1, -0.05) is 0 Å². The van der Waals surface area contributed by atoms with Crippen molar-refractivity contribution in [1.29, 1.82) is 0 Å². The van der Waals surface area contributed by atoms with Gasteiger partial charge in [0.05, 0.1) is 16.9 Å². The first kappa shape index (κ1) is 22.1. The van der Waals surface area contributed by atoms with E-state index < -0.39 is 0 Å². The third-order valence-corrected chi connectivity index (χ3v) is 6.91. The number of nitrogens with zero attached hydrogens (tertiary/aromatic N) is 3. The van der Waals surface area contributed by atoms with Crippen molar-refractivity contribution in [1.82, 2.24) is 19.9 Å². The molecule has 0 saturated carbocycles. The van der Waals surface area contributed by atoms with Crippen LogP contribution in [0.5, 0.6) is 17.4 Å². The molecule has 34 heavy (non-hydrogen) atoms. The fraction of sp³-hybridized carbons (Fsp3) is 0.280. The Hall–Kier alpha value is -3.72. The summed E-state index contributed by atoms with van der Waals surface area (Å²) in [6, 6.07) is 10.9. The Morgan fingerprint density at radius 2 is 2.00 bits per heavy atom. The fourth-order valence-electron chi connectivity index (χ4n) is 4.06. The molecule has 8 nitrogen and oxygen atoms in total. The number of rotatable bonds is 7. The van der Waals surface area contributed by atoms with Gasteiger partial charge in [0.25, 0.3) is 11.5 Å². The number of hydrogen-bond acceptors (Lipinski definition) is 7. The van der Waals surface area contributed by atoms with Gasteiger partial charge in [-0.15, -0.1) is 11.3 Å². The van der Waals surface area contributed by atoms with Crippen LogP contribution >= 0.6 is 11.3 Å². The van der Waals surface area contributed by atoms with Gasteiger partial charge in [-0.3, -0.25) is 14.2 Å². The van der Waals surface area contributed by atoms with E-state index in [2.05, 4.69) is 15.3 Å². The molecule has 1 amide bonds. The third-order valence-electron chi connectivity index (χ3n) is 5.73. The average molecular weight is 477 g/mol. The number of fused-ring (bicyclic) bond motifs is 2. The molecular formula is C25H24N4O4S. The second-order valence-electron chi connectivity index (χ2n) is 8.02. The summed E-state index contributed by atoms with van der Waals surface area (Å²) in [6.07, 6.45) is 3.37. The summed E-state index contributed by atoms with van der Waals surface area (Å²) in [7, 11) is 0. The largest absolute Gasteiger partial charge is 0.494 e. The standard InChI is InChI=1S/C25H24N4O4S/c1-3-32-17-6-8-18(9-7-17)33-20-13-16(10-11-26-20)14-27-23(30)22-15(2)21-24(34-22)28-19-5-4-12-29(19)25(21)31/h6-11,13H,3-5,12,14H2,1-2H3,(H,27,30). The van der Waals surface area contributed by atoms with Crippen LogP contribution in [0.2, 0.25) is 0 Å². The molecule has 4 heterocycles. The first-order valence-electron chi connectivity index (χ1n) is 11.2. The van der Waals surface area contributed by atoms with Crippen LogP contribution < -0.4 is 20.3 Å². The topological polar surface area (TPSA) is 95.3 Å². The number of aromatic nitrogens is 3. The highest BCUT2D eigenvalue weighted by molar-refractivity contribution is 7.20. The zero-order chi connectivity index (χ0) is 23.7. The van der Waals surface area contributed by atoms with Gasteiger partial charge < -0.3 is 14.8 Å². The molecule has 0 spiro atoms. The maximum absolute atomic E-state index is 12.9. The predicted molar refractivity (Wildman–Crippen MR) is 130 cm³/mol. The normalized spacial score (nSPS) is 12.5. The lowest BCUT2D eigenvalue weighted by Gasteiger charge is -2.09. The van der Waals surface area contributed by atoms with Gasteiger partial charge >= 0.3 is 0 Å². The van der Waals surface area contributed by atoms with Crippen molar-refractivity contribution in [3.63, 3.8) is 0 Å². The molecule has 1 aliphatic heterocycles. The summed E-state index contributed by atoms with van der Waals surface area (Å²) in [5, 5.41) is 3.49. The van der Waals surface area contributed by atoms with Crippen LogP contribution in [-0.4, -0.2) is 27.0 Å². The summed E-state index contributed by atoms with van der Waals surface area (Å²) >= 11 is 1.27. The molecule has 174 valence electrons. The number of carbonyl (C=O) groups excluding carboxylic acids is 1. The summed E-state index contributed by atoms with van der Waals surface area (Å²) < 4.78 is 13.0. The zero-order valence-electron chi connectivity index (χ0n) is 19.0. The van der Waals surface area contributed by atoms with Crippen molar-refractivity contribution < 1.29 is 14.3 Å². The Labute approximate surface area is 200 Å². The summed E-state index contributed by atoms with van der Waals surface area (Å²) in [5.74, 6) is 2.43. The van der Waals surface area contributed by atoms with Crippen molar-refractivity contribution >= 4 is 27.5 Å². The number of carbonyl (C=O) groups is 1. The van der Waals surface area contributed by atoms with Crippen LogP contribution in [0, 0.1) is 6.92 Å². The smallest absolute Gasteiger partial charge is 0.262 e. The van der Waals surface area contributed by atoms with Crippen LogP contribution in [0.25, 0.3) is 10.2 Å². The predicted octanol–water partition coefficient (Wildman–Crippen LogP) is 4.23. The number of nitrogens with one attached hydrogen (secondary N) is 1. The van der Waals surface area contributed by atoms with Crippen LogP contribution in [0.15, 0.2) is 47.4 Å². The SMILES string of the molecule is CCOc1ccc(Oc2cc(CNC(=O)c3sc4nc5n(c(=O)c4c3C)CCC5)ccn2)cc1. The fourth-order valence-corrected chi connectivity index (χ4v) is 5.17. The van der Waals surface area contributed by atoms with Gasteiger partial charge in [-0.25, -0.2) is 9.97 Å². The van der Waals surface area contributed by atoms with E-state index in [1.807, 2.05) is 44.2 Å². The van der Waals surface area contributed by atoms with Gasteiger partial charge in [0.2, 0.25) is 5.88 Å². The maximum atomic E-state index is 12.9. The van der Waals surface area contributed by atoms with E-state index >= 15 is 0 Å². The summed E-state index contributed by atoms with van der Waals surface area (Å²) in [5.41, 5.74) is 1.49. The Balaban J connectivity index is 1.28. The van der Waals surface area contributed by atoms with Crippen molar-refractivity contribution in [2.75, 3.05) is 6.61 Å². The molecule has 0 aliphatic carbocycles. The van der Waals surface area contributed by atoms with Gasteiger partial charge in [0.15, 0.2) is 0 Å². The average Bonchev–Trinajstić information content (AvgIpc) is 3.44. The minimum Gasteiger partial charge on any atom is -0.494 e. The van der Waals surface area contributed by atoms with Gasteiger partial charge in [-0.2, -0.15) is 0 Å². The van der Waals surface area contributed by atoms with Crippen LogP contribution in [0.3, 0.4) is 0 Å². The molecular weight excluding hydrogens is 452 g/mol. The molecule has 1 aliphatic rings. The Morgan fingerprint density at radius 3 is 2.79 bits per heavy atom. The minimum absolute atomic E-state index is 0.0458. The molecule has 1 N–H and O–H groups in total. The van der Waals surface area contributed by atoms with E-state index in [-0.39, 0.29) is 11.5 Å². The maximum Gasteiger partial charge on any atom is 0.262 e. The van der Waals surface area contributed by atoms with Gasteiger partial charge in [0, 0.05) is 31.8 Å². The lowest BCUT2D eigenvalue weighted by atomic mass is 10.2. The minimum atomic E-state index is -0.226.